The molecule has 0 saturated carbocycles. The quantitative estimate of drug-likeness (QED) is 0.558. The summed E-state index contributed by atoms with van der Waals surface area (Å²) < 4.78 is 0. The first-order chi connectivity index (χ1) is 13.1. The van der Waals surface area contributed by atoms with Crippen LogP contribution in [0.25, 0.3) is 10.8 Å². The zero-order valence-corrected chi connectivity index (χ0v) is 15.5. The molecule has 0 heterocycles. The molecule has 0 aromatic heterocycles. The maximum atomic E-state index is 13.2. The first-order valence-electron chi connectivity index (χ1n) is 8.84. The van der Waals surface area contributed by atoms with E-state index in [4.69, 9.17) is 16.7 Å². The molecular formula is C22H20ClNO3. The zero-order valence-electron chi connectivity index (χ0n) is 14.8. The number of rotatable bonds is 7. The van der Waals surface area contributed by atoms with Crippen LogP contribution in [0.5, 0.6) is 0 Å². The fourth-order valence-corrected chi connectivity index (χ4v) is 3.32. The Morgan fingerprint density at radius 2 is 1.52 bits per heavy atom. The average molecular weight is 382 g/mol. The molecule has 3 aromatic carbocycles. The molecule has 1 amide bonds. The number of nitrogens with zero attached hydrogens (tertiary/aromatic N) is 1. The summed E-state index contributed by atoms with van der Waals surface area (Å²) >= 11 is 6.32. The minimum Gasteiger partial charge on any atom is -0.481 e. The molecular weight excluding hydrogens is 362 g/mol. The molecule has 27 heavy (non-hydrogen) atoms. The van der Waals surface area contributed by atoms with Crippen LogP contribution in [-0.4, -0.2) is 23.5 Å². The summed E-state index contributed by atoms with van der Waals surface area (Å²) in [6.45, 7) is 0.437. The van der Waals surface area contributed by atoms with Crippen LogP contribution in [0, 0.1) is 0 Å². The van der Waals surface area contributed by atoms with Gasteiger partial charge in [0.15, 0.2) is 0 Å². The summed E-state index contributed by atoms with van der Waals surface area (Å²) in [6, 6.07) is 20.4. The van der Waals surface area contributed by atoms with Gasteiger partial charge in [0, 0.05) is 34.3 Å². The molecule has 0 radical (unpaired) electrons. The second-order valence-corrected chi connectivity index (χ2v) is 6.69. The number of carboxylic acid groups (broad SMARTS) is 1. The third kappa shape index (κ3) is 4.47. The molecule has 0 atom stereocenters. The lowest BCUT2D eigenvalue weighted by molar-refractivity contribution is -0.137. The number of anilines is 1. The molecule has 138 valence electrons. The monoisotopic (exact) mass is 381 g/mol. The van der Waals surface area contributed by atoms with E-state index in [2.05, 4.69) is 0 Å². The Kier molecular flexibility index (Phi) is 6.09. The standard InChI is InChI=1S/C22H20ClNO3/c23-19-13-14-20(18-11-5-4-10-17(18)19)24(15-7-6-12-21(25)26)22(27)16-8-2-1-3-9-16/h1-5,8-11,13-14H,6-7,12,15H2,(H,25,26). The van der Waals surface area contributed by atoms with Crippen LogP contribution >= 0.6 is 11.6 Å². The number of carbonyl (C=O) groups excluding carboxylic acids is 1. The van der Waals surface area contributed by atoms with Crippen LogP contribution in [-0.2, 0) is 4.79 Å². The Balaban J connectivity index is 1.98. The lowest BCUT2D eigenvalue weighted by Gasteiger charge is -2.25. The minimum atomic E-state index is -0.826. The zero-order chi connectivity index (χ0) is 19.2. The van der Waals surface area contributed by atoms with Gasteiger partial charge in [0.2, 0.25) is 0 Å². The van der Waals surface area contributed by atoms with Gasteiger partial charge in [-0.1, -0.05) is 54.1 Å². The number of amides is 1. The van der Waals surface area contributed by atoms with Crippen molar-refractivity contribution in [3.05, 3.63) is 77.3 Å². The van der Waals surface area contributed by atoms with Gasteiger partial charge in [-0.2, -0.15) is 0 Å². The predicted octanol–water partition coefficient (Wildman–Crippen LogP) is 5.39. The lowest BCUT2D eigenvalue weighted by atomic mass is 10.1. The number of fused-ring (bicyclic) bond motifs is 1. The van der Waals surface area contributed by atoms with Crippen molar-refractivity contribution in [1.29, 1.82) is 0 Å². The van der Waals surface area contributed by atoms with E-state index in [1.165, 1.54) is 0 Å². The van der Waals surface area contributed by atoms with Gasteiger partial charge in [-0.05, 0) is 37.1 Å². The molecule has 0 fully saturated rings. The number of unbranched alkanes of at least 4 members (excludes halogenated alkanes) is 1. The van der Waals surface area contributed by atoms with Gasteiger partial charge < -0.3 is 10.0 Å². The predicted molar refractivity (Wildman–Crippen MR) is 109 cm³/mol. The molecule has 3 aromatic rings. The van der Waals surface area contributed by atoms with Crippen LogP contribution in [0.1, 0.15) is 29.6 Å². The molecule has 0 bridgehead atoms. The van der Waals surface area contributed by atoms with Crippen molar-refractivity contribution < 1.29 is 14.7 Å². The number of benzene rings is 3. The second kappa shape index (κ2) is 8.69. The molecule has 3 rings (SSSR count). The number of hydrogen-bond acceptors (Lipinski definition) is 2. The summed E-state index contributed by atoms with van der Waals surface area (Å²) in [5.41, 5.74) is 1.37. The number of carboxylic acids is 1. The molecule has 1 N–H and O–H groups in total. The van der Waals surface area contributed by atoms with Crippen LogP contribution in [0.3, 0.4) is 0 Å². The topological polar surface area (TPSA) is 57.6 Å². The van der Waals surface area contributed by atoms with Crippen molar-refractivity contribution >= 4 is 39.9 Å². The molecule has 0 spiro atoms. The van der Waals surface area contributed by atoms with E-state index >= 15 is 0 Å². The summed E-state index contributed by atoms with van der Waals surface area (Å²) in [7, 11) is 0. The highest BCUT2D eigenvalue weighted by atomic mass is 35.5. The normalized spacial score (nSPS) is 10.7. The third-order valence-electron chi connectivity index (χ3n) is 4.43. The van der Waals surface area contributed by atoms with Crippen molar-refractivity contribution in [3.8, 4) is 0 Å². The maximum absolute atomic E-state index is 13.2. The van der Waals surface area contributed by atoms with E-state index in [1.807, 2.05) is 48.5 Å². The van der Waals surface area contributed by atoms with E-state index in [9.17, 15) is 9.59 Å². The van der Waals surface area contributed by atoms with E-state index in [-0.39, 0.29) is 12.3 Å². The Labute approximate surface area is 163 Å². The third-order valence-corrected chi connectivity index (χ3v) is 4.76. The summed E-state index contributed by atoms with van der Waals surface area (Å²) in [5.74, 6) is -0.939. The first-order valence-corrected chi connectivity index (χ1v) is 9.21. The summed E-state index contributed by atoms with van der Waals surface area (Å²) in [5, 5.41) is 11.3. The fraction of sp³-hybridized carbons (Fsp3) is 0.182. The Bertz CT molecular complexity index is 956. The highest BCUT2D eigenvalue weighted by molar-refractivity contribution is 6.36. The highest BCUT2D eigenvalue weighted by Gasteiger charge is 2.20. The first kappa shape index (κ1) is 18.9. The van der Waals surface area contributed by atoms with Crippen LogP contribution in [0.2, 0.25) is 5.02 Å². The average Bonchev–Trinajstić information content (AvgIpc) is 2.69. The van der Waals surface area contributed by atoms with Crippen molar-refractivity contribution in [2.45, 2.75) is 19.3 Å². The van der Waals surface area contributed by atoms with Gasteiger partial charge >= 0.3 is 5.97 Å². The van der Waals surface area contributed by atoms with Crippen molar-refractivity contribution in [3.63, 3.8) is 0 Å². The van der Waals surface area contributed by atoms with E-state index in [0.717, 1.165) is 16.5 Å². The molecule has 4 nitrogen and oxygen atoms in total. The second-order valence-electron chi connectivity index (χ2n) is 6.29. The van der Waals surface area contributed by atoms with Gasteiger partial charge in [0.25, 0.3) is 5.91 Å². The molecule has 5 heteroatoms. The van der Waals surface area contributed by atoms with Crippen LogP contribution < -0.4 is 4.90 Å². The largest absolute Gasteiger partial charge is 0.481 e. The molecule has 0 saturated heterocycles. The molecule has 0 aliphatic rings. The number of carbonyl (C=O) groups is 2. The highest BCUT2D eigenvalue weighted by Crippen LogP contribution is 2.33. The summed E-state index contributed by atoms with van der Waals surface area (Å²) in [4.78, 5) is 25.7. The smallest absolute Gasteiger partial charge is 0.303 e. The van der Waals surface area contributed by atoms with Crippen molar-refractivity contribution in [1.82, 2.24) is 0 Å². The molecule has 0 unspecified atom stereocenters. The molecule has 0 aliphatic carbocycles. The van der Waals surface area contributed by atoms with E-state index in [0.29, 0.717) is 30.0 Å². The fourth-order valence-electron chi connectivity index (χ4n) is 3.10. The molecule has 0 aliphatic heterocycles. The van der Waals surface area contributed by atoms with Gasteiger partial charge in [-0.3, -0.25) is 9.59 Å². The number of halogens is 1. The van der Waals surface area contributed by atoms with Gasteiger partial charge in [-0.15, -0.1) is 0 Å². The Hall–Kier alpha value is -2.85. The number of hydrogen-bond donors (Lipinski definition) is 1. The SMILES string of the molecule is O=C(O)CCCCN(C(=O)c1ccccc1)c1ccc(Cl)c2ccccc12. The van der Waals surface area contributed by atoms with Gasteiger partial charge in [0.1, 0.15) is 0 Å². The van der Waals surface area contributed by atoms with Crippen LogP contribution in [0.4, 0.5) is 5.69 Å². The summed E-state index contributed by atoms with van der Waals surface area (Å²) in [6.07, 6.45) is 1.20. The number of aliphatic carboxylic acids is 1. The van der Waals surface area contributed by atoms with E-state index in [1.54, 1.807) is 23.1 Å². The maximum Gasteiger partial charge on any atom is 0.303 e. The van der Waals surface area contributed by atoms with Gasteiger partial charge in [0.05, 0.1) is 5.69 Å². The Morgan fingerprint density at radius 3 is 2.22 bits per heavy atom. The van der Waals surface area contributed by atoms with Crippen LogP contribution in [0.15, 0.2) is 66.7 Å². The van der Waals surface area contributed by atoms with Crippen molar-refractivity contribution in [2.75, 3.05) is 11.4 Å². The lowest BCUT2D eigenvalue weighted by Crippen LogP contribution is -2.32. The minimum absolute atomic E-state index is 0.0920. The van der Waals surface area contributed by atoms with Gasteiger partial charge in [-0.25, -0.2) is 0 Å². The Morgan fingerprint density at radius 1 is 0.852 bits per heavy atom. The van der Waals surface area contributed by atoms with Crippen molar-refractivity contribution in [2.24, 2.45) is 0 Å². The van der Waals surface area contributed by atoms with E-state index < -0.39 is 5.97 Å².